The molecular weight excluding hydrogens is 180 g/mol. The van der Waals surface area contributed by atoms with Crippen molar-refractivity contribution >= 4 is 0 Å². The van der Waals surface area contributed by atoms with Gasteiger partial charge in [0.25, 0.3) is 0 Å². The number of hydrazine groups is 1. The van der Waals surface area contributed by atoms with Crippen LogP contribution in [0.25, 0.3) is 0 Å². The van der Waals surface area contributed by atoms with Gasteiger partial charge in [-0.3, -0.25) is 11.3 Å². The fourth-order valence-corrected chi connectivity index (χ4v) is 1.11. The first-order chi connectivity index (χ1) is 6.76. The Kier molecular flexibility index (Phi) is 4.22. The summed E-state index contributed by atoms with van der Waals surface area (Å²) in [5.41, 5.74) is 2.56. The Labute approximate surface area is 84.0 Å². The van der Waals surface area contributed by atoms with Crippen LogP contribution in [0.2, 0.25) is 0 Å². The van der Waals surface area contributed by atoms with Crippen molar-refractivity contribution in [1.82, 2.24) is 5.43 Å². The molecule has 0 radical (unpaired) electrons. The maximum Gasteiger partial charge on any atom is 0.123 e. The summed E-state index contributed by atoms with van der Waals surface area (Å²) in [5, 5.41) is 0. The summed E-state index contributed by atoms with van der Waals surface area (Å²) in [5.74, 6) is 6.76. The maximum atomic E-state index is 5.57. The van der Waals surface area contributed by atoms with E-state index in [1.54, 1.807) is 7.11 Å². The second-order valence-corrected chi connectivity index (χ2v) is 3.02. The van der Waals surface area contributed by atoms with Crippen LogP contribution in [0.3, 0.4) is 0 Å². The molecule has 0 saturated carbocycles. The van der Waals surface area contributed by atoms with Gasteiger partial charge in [-0.15, -0.1) is 0 Å². The first-order valence-electron chi connectivity index (χ1n) is 4.50. The number of rotatable bonds is 5. The van der Waals surface area contributed by atoms with Gasteiger partial charge in [-0.05, 0) is 19.1 Å². The molecule has 1 rings (SSSR count). The van der Waals surface area contributed by atoms with Crippen molar-refractivity contribution in [1.29, 1.82) is 0 Å². The minimum atomic E-state index is 0.0344. The van der Waals surface area contributed by atoms with Gasteiger partial charge in [0.1, 0.15) is 17.6 Å². The van der Waals surface area contributed by atoms with E-state index in [4.69, 9.17) is 15.3 Å². The van der Waals surface area contributed by atoms with Crippen LogP contribution < -0.4 is 20.7 Å². The fraction of sp³-hybridized carbons (Fsp3) is 0.400. The number of methoxy groups -OCH3 is 1. The number of nitrogens with one attached hydrogen (secondary N) is 1. The lowest BCUT2D eigenvalue weighted by atomic mass is 10.3. The van der Waals surface area contributed by atoms with E-state index in [2.05, 4.69) is 5.43 Å². The third-order valence-electron chi connectivity index (χ3n) is 1.78. The van der Waals surface area contributed by atoms with E-state index >= 15 is 0 Å². The quantitative estimate of drug-likeness (QED) is 0.543. The van der Waals surface area contributed by atoms with Gasteiger partial charge in [0.05, 0.1) is 7.11 Å². The summed E-state index contributed by atoms with van der Waals surface area (Å²) in [6.07, 6.45) is 0.0344. The standard InChI is InChI=1S/C10H16N2O2/c1-8(7-12-11)14-10-5-3-4-9(6-10)13-2/h3-6,8,12H,7,11H2,1-2H3. The van der Waals surface area contributed by atoms with Gasteiger partial charge < -0.3 is 9.47 Å². The lowest BCUT2D eigenvalue weighted by molar-refractivity contribution is 0.217. The molecule has 0 heterocycles. The van der Waals surface area contributed by atoms with E-state index in [0.717, 1.165) is 11.5 Å². The number of nitrogens with two attached hydrogens (primary N) is 1. The zero-order chi connectivity index (χ0) is 10.4. The monoisotopic (exact) mass is 196 g/mol. The molecule has 1 unspecified atom stereocenters. The third-order valence-corrected chi connectivity index (χ3v) is 1.78. The lowest BCUT2D eigenvalue weighted by Crippen LogP contribution is -2.33. The van der Waals surface area contributed by atoms with Gasteiger partial charge >= 0.3 is 0 Å². The number of benzene rings is 1. The van der Waals surface area contributed by atoms with Crippen molar-refractivity contribution in [3.05, 3.63) is 24.3 Å². The highest BCUT2D eigenvalue weighted by molar-refractivity contribution is 5.32. The van der Waals surface area contributed by atoms with Crippen molar-refractivity contribution < 1.29 is 9.47 Å². The molecular formula is C10H16N2O2. The zero-order valence-corrected chi connectivity index (χ0v) is 8.49. The molecule has 4 nitrogen and oxygen atoms in total. The molecule has 0 amide bonds. The molecule has 0 fully saturated rings. The molecule has 0 saturated heterocycles. The van der Waals surface area contributed by atoms with Crippen molar-refractivity contribution in [3.63, 3.8) is 0 Å². The minimum absolute atomic E-state index is 0.0344. The molecule has 0 spiro atoms. The van der Waals surface area contributed by atoms with Gasteiger partial charge in [-0.2, -0.15) is 0 Å². The average molecular weight is 196 g/mol. The molecule has 1 aromatic rings. The minimum Gasteiger partial charge on any atom is -0.497 e. The van der Waals surface area contributed by atoms with Crippen LogP contribution in [0.5, 0.6) is 11.5 Å². The average Bonchev–Trinajstić information content (AvgIpc) is 2.18. The van der Waals surface area contributed by atoms with Crippen LogP contribution in [0.4, 0.5) is 0 Å². The number of hydrogen-bond donors (Lipinski definition) is 2. The van der Waals surface area contributed by atoms with Gasteiger partial charge in [-0.1, -0.05) is 6.07 Å². The van der Waals surface area contributed by atoms with E-state index in [9.17, 15) is 0 Å². The predicted molar refractivity (Wildman–Crippen MR) is 55.3 cm³/mol. The Balaban J connectivity index is 2.57. The zero-order valence-electron chi connectivity index (χ0n) is 8.49. The molecule has 0 bridgehead atoms. The van der Waals surface area contributed by atoms with Crippen molar-refractivity contribution in [2.45, 2.75) is 13.0 Å². The molecule has 0 aromatic heterocycles. The fourth-order valence-electron chi connectivity index (χ4n) is 1.11. The molecule has 14 heavy (non-hydrogen) atoms. The Morgan fingerprint density at radius 2 is 2.14 bits per heavy atom. The highest BCUT2D eigenvalue weighted by atomic mass is 16.5. The van der Waals surface area contributed by atoms with Crippen molar-refractivity contribution in [3.8, 4) is 11.5 Å². The summed E-state index contributed by atoms with van der Waals surface area (Å²) in [6.45, 7) is 2.55. The van der Waals surface area contributed by atoms with Gasteiger partial charge in [0, 0.05) is 12.6 Å². The van der Waals surface area contributed by atoms with E-state index < -0.39 is 0 Å². The van der Waals surface area contributed by atoms with E-state index in [-0.39, 0.29) is 6.10 Å². The number of ether oxygens (including phenoxy) is 2. The highest BCUT2D eigenvalue weighted by Crippen LogP contribution is 2.19. The molecule has 0 aliphatic carbocycles. The van der Waals surface area contributed by atoms with Crippen LogP contribution in [-0.2, 0) is 0 Å². The van der Waals surface area contributed by atoms with E-state index in [1.165, 1.54) is 0 Å². The summed E-state index contributed by atoms with van der Waals surface area (Å²) in [4.78, 5) is 0. The summed E-state index contributed by atoms with van der Waals surface area (Å²) >= 11 is 0. The van der Waals surface area contributed by atoms with Crippen LogP contribution in [0, 0.1) is 0 Å². The molecule has 4 heteroatoms. The summed E-state index contributed by atoms with van der Waals surface area (Å²) in [7, 11) is 1.63. The Hall–Kier alpha value is -1.26. The summed E-state index contributed by atoms with van der Waals surface area (Å²) < 4.78 is 10.7. The molecule has 3 N–H and O–H groups in total. The van der Waals surface area contributed by atoms with Gasteiger partial charge in [0.15, 0.2) is 0 Å². The van der Waals surface area contributed by atoms with Crippen LogP contribution in [0.15, 0.2) is 24.3 Å². The van der Waals surface area contributed by atoms with Gasteiger partial charge in [-0.25, -0.2) is 0 Å². The Morgan fingerprint density at radius 3 is 2.79 bits per heavy atom. The SMILES string of the molecule is COc1cccc(OC(C)CNN)c1. The van der Waals surface area contributed by atoms with Crippen molar-refractivity contribution in [2.75, 3.05) is 13.7 Å². The lowest BCUT2D eigenvalue weighted by Gasteiger charge is -2.14. The van der Waals surface area contributed by atoms with Gasteiger partial charge in [0.2, 0.25) is 0 Å². The van der Waals surface area contributed by atoms with Crippen LogP contribution in [-0.4, -0.2) is 19.8 Å². The highest BCUT2D eigenvalue weighted by Gasteiger charge is 2.02. The second kappa shape index (κ2) is 5.47. The first kappa shape index (κ1) is 10.8. The molecule has 78 valence electrons. The molecule has 1 atom stereocenters. The largest absolute Gasteiger partial charge is 0.497 e. The normalized spacial score (nSPS) is 12.2. The molecule has 0 aliphatic heterocycles. The summed E-state index contributed by atoms with van der Waals surface area (Å²) in [6, 6.07) is 7.48. The van der Waals surface area contributed by atoms with E-state index in [0.29, 0.717) is 6.54 Å². The van der Waals surface area contributed by atoms with Crippen LogP contribution >= 0.6 is 0 Å². The molecule has 0 aliphatic rings. The van der Waals surface area contributed by atoms with Crippen LogP contribution in [0.1, 0.15) is 6.92 Å². The second-order valence-electron chi connectivity index (χ2n) is 3.02. The maximum absolute atomic E-state index is 5.57. The molecule has 1 aromatic carbocycles. The van der Waals surface area contributed by atoms with Crippen molar-refractivity contribution in [2.24, 2.45) is 5.84 Å². The smallest absolute Gasteiger partial charge is 0.123 e. The third kappa shape index (κ3) is 3.24. The number of hydrogen-bond acceptors (Lipinski definition) is 4. The first-order valence-corrected chi connectivity index (χ1v) is 4.50. The topological polar surface area (TPSA) is 56.5 Å². The predicted octanol–water partition coefficient (Wildman–Crippen LogP) is 0.926. The van der Waals surface area contributed by atoms with E-state index in [1.807, 2.05) is 31.2 Å². The Bertz CT molecular complexity index is 279. The Morgan fingerprint density at radius 1 is 1.43 bits per heavy atom.